The van der Waals surface area contributed by atoms with Gasteiger partial charge in [0.1, 0.15) is 16.7 Å². The summed E-state index contributed by atoms with van der Waals surface area (Å²) in [4.78, 5) is 51.3. The molecule has 230 valence electrons. The molecule has 1 atom stereocenters. The first-order valence-corrected chi connectivity index (χ1v) is 15.0. The van der Waals surface area contributed by atoms with E-state index >= 15 is 0 Å². The number of amides is 3. The molecule has 10 nitrogen and oxygen atoms in total. The number of benzene rings is 4. The lowest BCUT2D eigenvalue weighted by Gasteiger charge is -2.18. The first-order chi connectivity index (χ1) is 22.3. The number of rotatable bonds is 11. The number of nitro groups is 1. The van der Waals surface area contributed by atoms with Crippen LogP contribution >= 0.6 is 11.8 Å². The number of hydrogen-bond donors (Lipinski definition) is 3. The number of carbonyl (C=O) groups excluding carboxylic acids is 3. The lowest BCUT2D eigenvalue weighted by molar-refractivity contribution is -0.384. The largest absolute Gasteiger partial charge is 0.465 e. The third-order valence-corrected chi connectivity index (χ3v) is 7.97. The Hall–Kier alpha value is -5.94. The minimum Gasteiger partial charge on any atom is -0.465 e. The van der Waals surface area contributed by atoms with Crippen molar-refractivity contribution in [2.75, 3.05) is 10.6 Å². The van der Waals surface area contributed by atoms with Crippen LogP contribution < -0.4 is 16.0 Å². The second-order valence-electron chi connectivity index (χ2n) is 10.0. The molecule has 0 spiro atoms. The molecular weight excluding hydrogens is 604 g/mol. The molecule has 1 unspecified atom stereocenters. The predicted octanol–water partition coefficient (Wildman–Crippen LogP) is 7.38. The summed E-state index contributed by atoms with van der Waals surface area (Å²) in [5.74, 6) is -0.982. The van der Waals surface area contributed by atoms with Gasteiger partial charge in [0.25, 0.3) is 17.5 Å². The average Bonchev–Trinajstić information content (AvgIpc) is 3.58. The maximum Gasteiger partial charge on any atom is 0.272 e. The Balaban J connectivity index is 1.36. The first kappa shape index (κ1) is 31.5. The SMILES string of the molecule is Cc1cc([N+](=O)[O-])ccc1NC(=O)C(Sc1cccc(NC(=O)/C(=C/c2ccco2)NC(=O)c2ccccc2)c1)c1ccccc1. The highest BCUT2D eigenvalue weighted by atomic mass is 32.2. The van der Waals surface area contributed by atoms with Crippen molar-refractivity contribution in [2.45, 2.75) is 17.1 Å². The van der Waals surface area contributed by atoms with Crippen LogP contribution in [-0.4, -0.2) is 22.6 Å². The van der Waals surface area contributed by atoms with Crippen molar-refractivity contribution in [3.63, 3.8) is 0 Å². The van der Waals surface area contributed by atoms with Gasteiger partial charge in [-0.25, -0.2) is 0 Å². The Morgan fingerprint density at radius 1 is 0.848 bits per heavy atom. The topological polar surface area (TPSA) is 144 Å². The van der Waals surface area contributed by atoms with E-state index < -0.39 is 22.0 Å². The number of non-ortho nitro benzene ring substituents is 1. The van der Waals surface area contributed by atoms with Gasteiger partial charge < -0.3 is 20.4 Å². The molecule has 5 rings (SSSR count). The quantitative estimate of drug-likeness (QED) is 0.0597. The molecule has 1 aromatic heterocycles. The van der Waals surface area contributed by atoms with Crippen LogP contribution in [0.2, 0.25) is 0 Å². The van der Waals surface area contributed by atoms with Crippen molar-refractivity contribution in [1.29, 1.82) is 0 Å². The van der Waals surface area contributed by atoms with Crippen molar-refractivity contribution in [3.05, 3.63) is 160 Å². The summed E-state index contributed by atoms with van der Waals surface area (Å²) in [6.45, 7) is 1.69. The molecule has 0 aliphatic heterocycles. The third kappa shape index (κ3) is 8.16. The van der Waals surface area contributed by atoms with Crippen LogP contribution in [-0.2, 0) is 9.59 Å². The molecule has 46 heavy (non-hydrogen) atoms. The monoisotopic (exact) mass is 632 g/mol. The number of nitrogens with one attached hydrogen (secondary N) is 3. The smallest absolute Gasteiger partial charge is 0.272 e. The average molecular weight is 633 g/mol. The lowest BCUT2D eigenvalue weighted by Crippen LogP contribution is -2.30. The molecular formula is C35H28N4O6S. The van der Waals surface area contributed by atoms with Gasteiger partial charge in [-0.1, -0.05) is 54.6 Å². The Morgan fingerprint density at radius 2 is 1.59 bits per heavy atom. The summed E-state index contributed by atoms with van der Waals surface area (Å²) in [6, 6.07) is 32.3. The van der Waals surface area contributed by atoms with Gasteiger partial charge in [-0.15, -0.1) is 11.8 Å². The summed E-state index contributed by atoms with van der Waals surface area (Å²) in [7, 11) is 0. The van der Waals surface area contributed by atoms with Gasteiger partial charge in [-0.05, 0) is 66.6 Å². The van der Waals surface area contributed by atoms with Gasteiger partial charge >= 0.3 is 0 Å². The molecule has 3 N–H and O–H groups in total. The first-order valence-electron chi connectivity index (χ1n) is 14.1. The number of nitrogens with zero attached hydrogens (tertiary/aromatic N) is 1. The van der Waals surface area contributed by atoms with Crippen LogP contribution in [0, 0.1) is 17.0 Å². The van der Waals surface area contributed by atoms with E-state index in [1.54, 1.807) is 67.6 Å². The molecule has 0 bridgehead atoms. The van der Waals surface area contributed by atoms with Gasteiger partial charge in [0, 0.05) is 40.0 Å². The summed E-state index contributed by atoms with van der Waals surface area (Å²) in [5.41, 5.74) is 2.49. The number of anilines is 2. The van der Waals surface area contributed by atoms with Crippen molar-refractivity contribution in [1.82, 2.24) is 5.32 Å². The molecule has 4 aromatic carbocycles. The molecule has 11 heteroatoms. The predicted molar refractivity (Wildman–Crippen MR) is 177 cm³/mol. The molecule has 0 aliphatic carbocycles. The van der Waals surface area contributed by atoms with Gasteiger partial charge in [-0.2, -0.15) is 0 Å². The molecule has 0 fully saturated rings. The third-order valence-electron chi connectivity index (χ3n) is 6.72. The minimum atomic E-state index is -0.693. The number of thioether (sulfide) groups is 1. The molecule has 5 aromatic rings. The van der Waals surface area contributed by atoms with Crippen LogP contribution in [0.1, 0.15) is 32.5 Å². The summed E-state index contributed by atoms with van der Waals surface area (Å²) >= 11 is 1.27. The standard InChI is InChI=1S/C35H28N4O6S/c1-23-20-27(39(43)44)17-18-30(23)37-35(42)32(24-10-4-2-5-11-24)46-29-16-8-14-26(21-29)36-34(41)31(22-28-15-9-19-45-28)38-33(40)25-12-6-3-7-13-25/h2-22,32H,1H3,(H,36,41)(H,37,42)(H,38,40)/b31-22-. The van der Waals surface area contributed by atoms with Crippen LogP contribution in [0.5, 0.6) is 0 Å². The summed E-state index contributed by atoms with van der Waals surface area (Å²) in [5, 5.41) is 18.9. The highest BCUT2D eigenvalue weighted by Gasteiger charge is 2.24. The van der Waals surface area contributed by atoms with E-state index in [0.29, 0.717) is 33.2 Å². The second-order valence-corrected chi connectivity index (χ2v) is 11.2. The molecule has 0 saturated carbocycles. The number of aryl methyl sites for hydroxylation is 1. The minimum absolute atomic E-state index is 0.0260. The Kier molecular flexibility index (Phi) is 10.1. The zero-order chi connectivity index (χ0) is 32.5. The molecule has 3 amide bonds. The lowest BCUT2D eigenvalue weighted by atomic mass is 10.1. The van der Waals surface area contributed by atoms with E-state index in [9.17, 15) is 24.5 Å². The number of furan rings is 1. The maximum atomic E-state index is 13.6. The van der Waals surface area contributed by atoms with E-state index in [2.05, 4.69) is 16.0 Å². The fraction of sp³-hybridized carbons (Fsp3) is 0.0571. The highest BCUT2D eigenvalue weighted by Crippen LogP contribution is 2.37. The molecule has 0 radical (unpaired) electrons. The van der Waals surface area contributed by atoms with E-state index in [0.717, 1.165) is 5.56 Å². The fourth-order valence-corrected chi connectivity index (χ4v) is 5.52. The van der Waals surface area contributed by atoms with Crippen molar-refractivity contribution in [3.8, 4) is 0 Å². The van der Waals surface area contributed by atoms with Gasteiger partial charge in [-0.3, -0.25) is 24.5 Å². The zero-order valence-corrected chi connectivity index (χ0v) is 25.3. The van der Waals surface area contributed by atoms with Gasteiger partial charge in [0.15, 0.2) is 0 Å². The van der Waals surface area contributed by atoms with Crippen LogP contribution in [0.15, 0.2) is 137 Å². The van der Waals surface area contributed by atoms with Crippen molar-refractivity contribution in [2.24, 2.45) is 0 Å². The van der Waals surface area contributed by atoms with Crippen molar-refractivity contribution >= 4 is 52.6 Å². The Morgan fingerprint density at radius 3 is 2.26 bits per heavy atom. The van der Waals surface area contributed by atoms with Crippen LogP contribution in [0.4, 0.5) is 17.1 Å². The van der Waals surface area contributed by atoms with E-state index in [-0.39, 0.29) is 17.3 Å². The second kappa shape index (κ2) is 14.7. The molecule has 0 aliphatic rings. The zero-order valence-electron chi connectivity index (χ0n) is 24.5. The van der Waals surface area contributed by atoms with E-state index in [1.165, 1.54) is 42.3 Å². The normalized spacial score (nSPS) is 11.7. The van der Waals surface area contributed by atoms with E-state index in [4.69, 9.17) is 4.42 Å². The van der Waals surface area contributed by atoms with Crippen LogP contribution in [0.3, 0.4) is 0 Å². The fourth-order valence-electron chi connectivity index (χ4n) is 4.44. The van der Waals surface area contributed by atoms with Gasteiger partial charge in [0.05, 0.1) is 11.2 Å². The number of nitro benzene ring substituents is 1. The Bertz CT molecular complexity index is 1890. The molecule has 0 saturated heterocycles. The van der Waals surface area contributed by atoms with E-state index in [1.807, 2.05) is 36.4 Å². The Labute approximate surface area is 268 Å². The summed E-state index contributed by atoms with van der Waals surface area (Å²) < 4.78 is 5.37. The molecule has 1 heterocycles. The van der Waals surface area contributed by atoms with Gasteiger partial charge in [0.2, 0.25) is 5.91 Å². The maximum absolute atomic E-state index is 13.6. The summed E-state index contributed by atoms with van der Waals surface area (Å²) in [6.07, 6.45) is 2.90. The highest BCUT2D eigenvalue weighted by molar-refractivity contribution is 8.00. The number of hydrogen-bond acceptors (Lipinski definition) is 7. The van der Waals surface area contributed by atoms with Crippen molar-refractivity contribution < 1.29 is 23.7 Å². The number of carbonyl (C=O) groups is 3. The van der Waals surface area contributed by atoms with Crippen LogP contribution in [0.25, 0.3) is 6.08 Å².